The van der Waals surface area contributed by atoms with E-state index >= 15 is 0 Å². The monoisotopic (exact) mass is 379 g/mol. The van der Waals surface area contributed by atoms with Crippen LogP contribution in [0.3, 0.4) is 0 Å². The van der Waals surface area contributed by atoms with Crippen LogP contribution in [-0.4, -0.2) is 24.5 Å². The summed E-state index contributed by atoms with van der Waals surface area (Å²) >= 11 is 1.32. The van der Waals surface area contributed by atoms with E-state index in [1.54, 1.807) is 6.92 Å². The lowest BCUT2D eigenvalue weighted by atomic mass is 10.1. The Hall–Kier alpha value is -2.92. The number of thiophene rings is 1. The standard InChI is InChI=1S/C22H21NO3S/c1-16(21(24)23-14-12-17-8-4-2-5-9-17)26-22(25)20-19(13-15-27-20)18-10-6-3-7-11-18/h2-11,13,15-16H,12,14H2,1H3,(H,23,24). The summed E-state index contributed by atoms with van der Waals surface area (Å²) in [6, 6.07) is 21.5. The molecule has 1 atom stereocenters. The number of esters is 1. The molecular formula is C22H21NO3S. The molecule has 5 heteroatoms. The number of amides is 1. The van der Waals surface area contributed by atoms with Gasteiger partial charge in [-0.2, -0.15) is 0 Å². The van der Waals surface area contributed by atoms with Gasteiger partial charge in [-0.05, 0) is 35.9 Å². The highest BCUT2D eigenvalue weighted by atomic mass is 32.1. The lowest BCUT2D eigenvalue weighted by Crippen LogP contribution is -2.36. The molecule has 4 nitrogen and oxygen atoms in total. The summed E-state index contributed by atoms with van der Waals surface area (Å²) in [5.74, 6) is -0.772. The minimum atomic E-state index is -0.848. The van der Waals surface area contributed by atoms with E-state index in [-0.39, 0.29) is 5.91 Å². The predicted octanol–water partition coefficient (Wildman–Crippen LogP) is 4.32. The summed E-state index contributed by atoms with van der Waals surface area (Å²) in [4.78, 5) is 25.2. The Kier molecular flexibility index (Phi) is 6.39. The first-order chi connectivity index (χ1) is 13.1. The van der Waals surface area contributed by atoms with E-state index in [4.69, 9.17) is 4.74 Å². The molecule has 0 aliphatic rings. The molecule has 0 spiro atoms. The molecule has 0 saturated heterocycles. The van der Waals surface area contributed by atoms with Crippen LogP contribution in [0.15, 0.2) is 72.1 Å². The van der Waals surface area contributed by atoms with Crippen molar-refractivity contribution < 1.29 is 14.3 Å². The fourth-order valence-corrected chi connectivity index (χ4v) is 3.50. The lowest BCUT2D eigenvalue weighted by molar-refractivity contribution is -0.129. The van der Waals surface area contributed by atoms with Gasteiger partial charge in [0, 0.05) is 12.1 Å². The molecule has 1 N–H and O–H groups in total. The smallest absolute Gasteiger partial charge is 0.349 e. The second-order valence-electron chi connectivity index (χ2n) is 6.10. The van der Waals surface area contributed by atoms with Crippen molar-refractivity contribution in [1.82, 2.24) is 5.32 Å². The molecule has 1 unspecified atom stereocenters. The van der Waals surface area contributed by atoms with E-state index in [1.807, 2.05) is 72.1 Å². The Morgan fingerprint density at radius 2 is 1.67 bits per heavy atom. The maximum Gasteiger partial charge on any atom is 0.349 e. The molecule has 0 radical (unpaired) electrons. The van der Waals surface area contributed by atoms with Gasteiger partial charge < -0.3 is 10.1 Å². The number of nitrogens with one attached hydrogen (secondary N) is 1. The van der Waals surface area contributed by atoms with Gasteiger partial charge in [0.2, 0.25) is 0 Å². The van der Waals surface area contributed by atoms with Crippen LogP contribution in [0.5, 0.6) is 0 Å². The summed E-state index contributed by atoms with van der Waals surface area (Å²) in [7, 11) is 0. The van der Waals surface area contributed by atoms with E-state index in [2.05, 4.69) is 5.32 Å². The molecule has 0 fully saturated rings. The second-order valence-corrected chi connectivity index (χ2v) is 7.02. The van der Waals surface area contributed by atoms with Crippen molar-refractivity contribution in [3.63, 3.8) is 0 Å². The van der Waals surface area contributed by atoms with Crippen LogP contribution in [0, 0.1) is 0 Å². The van der Waals surface area contributed by atoms with E-state index in [1.165, 1.54) is 11.3 Å². The molecule has 1 heterocycles. The molecule has 3 rings (SSSR count). The van der Waals surface area contributed by atoms with Crippen molar-refractivity contribution in [2.24, 2.45) is 0 Å². The van der Waals surface area contributed by atoms with Gasteiger partial charge in [-0.15, -0.1) is 11.3 Å². The maximum absolute atomic E-state index is 12.5. The Balaban J connectivity index is 1.55. The van der Waals surface area contributed by atoms with Crippen LogP contribution in [0.1, 0.15) is 22.2 Å². The maximum atomic E-state index is 12.5. The van der Waals surface area contributed by atoms with Crippen LogP contribution in [0.4, 0.5) is 0 Å². The molecule has 3 aromatic rings. The highest BCUT2D eigenvalue weighted by Gasteiger charge is 2.22. The molecule has 2 aromatic carbocycles. The number of rotatable bonds is 7. The Labute approximate surface area is 162 Å². The first-order valence-electron chi connectivity index (χ1n) is 8.80. The van der Waals surface area contributed by atoms with Crippen LogP contribution in [-0.2, 0) is 16.0 Å². The minimum Gasteiger partial charge on any atom is -0.448 e. The normalized spacial score (nSPS) is 11.6. The second kappa shape index (κ2) is 9.14. The number of hydrogen-bond donors (Lipinski definition) is 1. The van der Waals surface area contributed by atoms with Crippen LogP contribution in [0.2, 0.25) is 0 Å². The van der Waals surface area contributed by atoms with Crippen molar-refractivity contribution in [2.45, 2.75) is 19.4 Å². The largest absolute Gasteiger partial charge is 0.448 e. The van der Waals surface area contributed by atoms with E-state index < -0.39 is 12.1 Å². The zero-order valence-electron chi connectivity index (χ0n) is 15.1. The van der Waals surface area contributed by atoms with Crippen LogP contribution < -0.4 is 5.32 Å². The van der Waals surface area contributed by atoms with Gasteiger partial charge in [0.1, 0.15) is 4.88 Å². The third-order valence-corrected chi connectivity index (χ3v) is 5.04. The molecule has 0 saturated carbocycles. The van der Waals surface area contributed by atoms with Gasteiger partial charge in [-0.25, -0.2) is 4.79 Å². The molecule has 1 aromatic heterocycles. The quantitative estimate of drug-likeness (QED) is 0.622. The summed E-state index contributed by atoms with van der Waals surface area (Å²) in [6.45, 7) is 2.09. The van der Waals surface area contributed by atoms with Gasteiger partial charge in [0.15, 0.2) is 6.10 Å². The number of ether oxygens (including phenoxy) is 1. The molecular weight excluding hydrogens is 358 g/mol. The fourth-order valence-electron chi connectivity index (χ4n) is 2.70. The van der Waals surface area contributed by atoms with Crippen molar-refractivity contribution in [3.8, 4) is 11.1 Å². The van der Waals surface area contributed by atoms with Crippen LogP contribution in [0.25, 0.3) is 11.1 Å². The first kappa shape index (κ1) is 18.9. The summed E-state index contributed by atoms with van der Waals surface area (Å²) in [5.41, 5.74) is 2.92. The third-order valence-electron chi connectivity index (χ3n) is 4.14. The van der Waals surface area contributed by atoms with E-state index in [0.717, 1.165) is 23.1 Å². The molecule has 27 heavy (non-hydrogen) atoms. The minimum absolute atomic E-state index is 0.294. The molecule has 1 amide bonds. The van der Waals surface area contributed by atoms with Gasteiger partial charge >= 0.3 is 5.97 Å². The summed E-state index contributed by atoms with van der Waals surface area (Å²) < 4.78 is 5.38. The number of carbonyl (C=O) groups excluding carboxylic acids is 2. The van der Waals surface area contributed by atoms with Gasteiger partial charge in [-0.3, -0.25) is 4.79 Å². The third kappa shape index (κ3) is 5.05. The molecule has 138 valence electrons. The Bertz CT molecular complexity index is 890. The number of carbonyl (C=O) groups is 2. The highest BCUT2D eigenvalue weighted by Crippen LogP contribution is 2.29. The van der Waals surface area contributed by atoms with Crippen molar-refractivity contribution in [3.05, 3.63) is 82.6 Å². The zero-order chi connectivity index (χ0) is 19.1. The van der Waals surface area contributed by atoms with Crippen molar-refractivity contribution >= 4 is 23.2 Å². The molecule has 0 bridgehead atoms. The average Bonchev–Trinajstić information content (AvgIpc) is 3.19. The van der Waals surface area contributed by atoms with Crippen molar-refractivity contribution in [2.75, 3.05) is 6.54 Å². The highest BCUT2D eigenvalue weighted by molar-refractivity contribution is 7.12. The molecule has 0 aliphatic carbocycles. The van der Waals surface area contributed by atoms with E-state index in [9.17, 15) is 9.59 Å². The van der Waals surface area contributed by atoms with Crippen LogP contribution >= 0.6 is 11.3 Å². The van der Waals surface area contributed by atoms with Gasteiger partial charge in [-0.1, -0.05) is 60.7 Å². The number of benzene rings is 2. The fraction of sp³-hybridized carbons (Fsp3) is 0.182. The Morgan fingerprint density at radius 3 is 2.37 bits per heavy atom. The number of hydrogen-bond acceptors (Lipinski definition) is 4. The average molecular weight is 379 g/mol. The topological polar surface area (TPSA) is 55.4 Å². The Morgan fingerprint density at radius 1 is 1.00 bits per heavy atom. The van der Waals surface area contributed by atoms with Gasteiger partial charge in [0.25, 0.3) is 5.91 Å². The zero-order valence-corrected chi connectivity index (χ0v) is 15.9. The van der Waals surface area contributed by atoms with Gasteiger partial charge in [0.05, 0.1) is 0 Å². The summed E-state index contributed by atoms with van der Waals surface area (Å²) in [5, 5.41) is 4.67. The van der Waals surface area contributed by atoms with E-state index in [0.29, 0.717) is 11.4 Å². The predicted molar refractivity (Wildman–Crippen MR) is 108 cm³/mol. The lowest BCUT2D eigenvalue weighted by Gasteiger charge is -2.13. The first-order valence-corrected chi connectivity index (χ1v) is 9.68. The van der Waals surface area contributed by atoms with Crippen molar-refractivity contribution in [1.29, 1.82) is 0 Å². The SMILES string of the molecule is CC(OC(=O)c1sccc1-c1ccccc1)C(=O)NCCc1ccccc1. The molecule has 0 aliphatic heterocycles. The summed E-state index contributed by atoms with van der Waals surface area (Å²) in [6.07, 6.45) is -0.116.